The number of benzene rings is 2. The zero-order valence-electron chi connectivity index (χ0n) is 13.3. The van der Waals surface area contributed by atoms with Crippen LogP contribution in [0.5, 0.6) is 11.5 Å². The van der Waals surface area contributed by atoms with E-state index in [2.05, 4.69) is 0 Å². The van der Waals surface area contributed by atoms with Crippen molar-refractivity contribution in [1.29, 1.82) is 0 Å². The van der Waals surface area contributed by atoms with Crippen LogP contribution in [0.15, 0.2) is 54.6 Å². The standard InChI is InChI=1S/C18H23NO4/c1-22-17-8-5-9-18(12-17)23-14-16(21)13-19(10-11-20)15-6-3-2-4-7-15/h2-9,12,16,20-21H,10-11,13-14H2,1H3. The molecule has 1 unspecified atom stereocenters. The lowest BCUT2D eigenvalue weighted by molar-refractivity contribution is 0.111. The van der Waals surface area contributed by atoms with Crippen LogP contribution in [-0.2, 0) is 0 Å². The van der Waals surface area contributed by atoms with Gasteiger partial charge in [0, 0.05) is 24.8 Å². The Kier molecular flexibility index (Phi) is 6.72. The number of anilines is 1. The number of ether oxygens (including phenoxy) is 2. The number of aliphatic hydroxyl groups excluding tert-OH is 2. The van der Waals surface area contributed by atoms with Crippen LogP contribution in [0.4, 0.5) is 5.69 Å². The smallest absolute Gasteiger partial charge is 0.123 e. The van der Waals surface area contributed by atoms with Gasteiger partial charge in [-0.15, -0.1) is 0 Å². The molecule has 0 aliphatic carbocycles. The summed E-state index contributed by atoms with van der Waals surface area (Å²) in [4.78, 5) is 1.93. The second-order valence-electron chi connectivity index (χ2n) is 5.15. The van der Waals surface area contributed by atoms with E-state index in [1.165, 1.54) is 0 Å². The van der Waals surface area contributed by atoms with Gasteiger partial charge in [0.05, 0.1) is 13.7 Å². The van der Waals surface area contributed by atoms with Crippen LogP contribution in [0.2, 0.25) is 0 Å². The van der Waals surface area contributed by atoms with Gasteiger partial charge in [0.2, 0.25) is 0 Å². The second kappa shape index (κ2) is 9.02. The molecule has 0 bridgehead atoms. The molecule has 23 heavy (non-hydrogen) atoms. The number of hydrogen-bond acceptors (Lipinski definition) is 5. The van der Waals surface area contributed by atoms with Crippen molar-refractivity contribution in [2.75, 3.05) is 38.3 Å². The lowest BCUT2D eigenvalue weighted by Crippen LogP contribution is -2.37. The van der Waals surface area contributed by atoms with Gasteiger partial charge in [0.15, 0.2) is 0 Å². The number of methoxy groups -OCH3 is 1. The van der Waals surface area contributed by atoms with Gasteiger partial charge in [-0.05, 0) is 24.3 Å². The van der Waals surface area contributed by atoms with Crippen LogP contribution in [0.25, 0.3) is 0 Å². The van der Waals surface area contributed by atoms with Gasteiger partial charge in [-0.25, -0.2) is 0 Å². The van der Waals surface area contributed by atoms with Crippen LogP contribution in [0.3, 0.4) is 0 Å². The lowest BCUT2D eigenvalue weighted by atomic mass is 10.2. The third-order valence-electron chi connectivity index (χ3n) is 3.41. The van der Waals surface area contributed by atoms with Crippen molar-refractivity contribution >= 4 is 5.69 Å². The third kappa shape index (κ3) is 5.47. The van der Waals surface area contributed by atoms with Crippen LogP contribution in [-0.4, -0.2) is 49.7 Å². The van der Waals surface area contributed by atoms with Crippen molar-refractivity contribution < 1.29 is 19.7 Å². The van der Waals surface area contributed by atoms with Crippen LogP contribution in [0.1, 0.15) is 0 Å². The minimum atomic E-state index is -0.673. The molecule has 2 rings (SSSR count). The predicted octanol–water partition coefficient (Wildman–Crippen LogP) is 1.93. The summed E-state index contributed by atoms with van der Waals surface area (Å²) in [6, 6.07) is 17.0. The van der Waals surface area contributed by atoms with Crippen molar-refractivity contribution in [1.82, 2.24) is 0 Å². The molecule has 124 valence electrons. The highest BCUT2D eigenvalue weighted by Gasteiger charge is 2.13. The molecule has 0 saturated heterocycles. The minimum Gasteiger partial charge on any atom is -0.497 e. The minimum absolute atomic E-state index is 0.0261. The van der Waals surface area contributed by atoms with E-state index in [1.54, 1.807) is 13.2 Å². The second-order valence-corrected chi connectivity index (χ2v) is 5.15. The van der Waals surface area contributed by atoms with Gasteiger partial charge < -0.3 is 24.6 Å². The van der Waals surface area contributed by atoms with E-state index in [0.717, 1.165) is 5.69 Å². The fourth-order valence-corrected chi connectivity index (χ4v) is 2.28. The summed E-state index contributed by atoms with van der Waals surface area (Å²) in [5.41, 5.74) is 0.960. The summed E-state index contributed by atoms with van der Waals surface area (Å²) < 4.78 is 10.7. The number of rotatable bonds is 9. The van der Waals surface area contributed by atoms with Gasteiger partial charge in [-0.2, -0.15) is 0 Å². The maximum absolute atomic E-state index is 10.2. The molecule has 0 heterocycles. The Morgan fingerprint density at radius 3 is 2.48 bits per heavy atom. The predicted molar refractivity (Wildman–Crippen MR) is 90.2 cm³/mol. The van der Waals surface area contributed by atoms with E-state index in [-0.39, 0.29) is 13.2 Å². The first-order valence-corrected chi connectivity index (χ1v) is 7.58. The summed E-state index contributed by atoms with van der Waals surface area (Å²) in [5, 5.41) is 19.4. The monoisotopic (exact) mass is 317 g/mol. The van der Waals surface area contributed by atoms with Gasteiger partial charge in [-0.3, -0.25) is 0 Å². The number of nitrogens with zero attached hydrogens (tertiary/aromatic N) is 1. The molecule has 0 aliphatic heterocycles. The largest absolute Gasteiger partial charge is 0.497 e. The number of hydrogen-bond donors (Lipinski definition) is 2. The summed E-state index contributed by atoms with van der Waals surface area (Å²) in [5.74, 6) is 1.36. The Balaban J connectivity index is 1.90. The Morgan fingerprint density at radius 1 is 1.04 bits per heavy atom. The molecule has 0 spiro atoms. The van der Waals surface area contributed by atoms with Crippen molar-refractivity contribution in [3.8, 4) is 11.5 Å². The molecule has 2 aromatic carbocycles. The molecule has 0 fully saturated rings. The van der Waals surface area contributed by atoms with E-state index in [9.17, 15) is 10.2 Å². The molecule has 0 saturated carbocycles. The first-order valence-electron chi connectivity index (χ1n) is 7.58. The fourth-order valence-electron chi connectivity index (χ4n) is 2.28. The zero-order chi connectivity index (χ0) is 16.5. The molecule has 2 N–H and O–H groups in total. The average Bonchev–Trinajstić information content (AvgIpc) is 2.60. The molecule has 0 radical (unpaired) electrons. The van der Waals surface area contributed by atoms with Crippen LogP contribution < -0.4 is 14.4 Å². The normalized spacial score (nSPS) is 11.8. The van der Waals surface area contributed by atoms with E-state index in [1.807, 2.05) is 53.4 Å². The highest BCUT2D eigenvalue weighted by atomic mass is 16.5. The highest BCUT2D eigenvalue weighted by Crippen LogP contribution is 2.19. The maximum Gasteiger partial charge on any atom is 0.123 e. The third-order valence-corrected chi connectivity index (χ3v) is 3.41. The lowest BCUT2D eigenvalue weighted by Gasteiger charge is -2.26. The molecule has 1 atom stereocenters. The van der Waals surface area contributed by atoms with Gasteiger partial charge in [0.1, 0.15) is 24.2 Å². The summed E-state index contributed by atoms with van der Waals surface area (Å²) >= 11 is 0. The highest BCUT2D eigenvalue weighted by molar-refractivity contribution is 5.46. The molecule has 0 amide bonds. The zero-order valence-corrected chi connectivity index (χ0v) is 13.3. The topological polar surface area (TPSA) is 62.2 Å². The number of para-hydroxylation sites is 1. The Morgan fingerprint density at radius 2 is 1.78 bits per heavy atom. The first kappa shape index (κ1) is 17.1. The van der Waals surface area contributed by atoms with Gasteiger partial charge >= 0.3 is 0 Å². The summed E-state index contributed by atoms with van der Waals surface area (Å²) in [6.07, 6.45) is -0.673. The quantitative estimate of drug-likeness (QED) is 0.740. The fraction of sp³-hybridized carbons (Fsp3) is 0.333. The SMILES string of the molecule is COc1cccc(OCC(O)CN(CCO)c2ccccc2)c1. The van der Waals surface area contributed by atoms with E-state index < -0.39 is 6.10 Å². The molecule has 2 aromatic rings. The van der Waals surface area contributed by atoms with E-state index in [4.69, 9.17) is 9.47 Å². The number of aliphatic hydroxyl groups is 2. The van der Waals surface area contributed by atoms with Crippen molar-refractivity contribution in [3.63, 3.8) is 0 Å². The first-order chi connectivity index (χ1) is 11.2. The average molecular weight is 317 g/mol. The maximum atomic E-state index is 10.2. The molecule has 0 aliphatic rings. The molecule has 5 heteroatoms. The van der Waals surface area contributed by atoms with E-state index >= 15 is 0 Å². The van der Waals surface area contributed by atoms with Gasteiger partial charge in [0.25, 0.3) is 0 Å². The Labute approximate surface area is 136 Å². The molecule has 5 nitrogen and oxygen atoms in total. The van der Waals surface area contributed by atoms with E-state index in [0.29, 0.717) is 24.6 Å². The molecular formula is C18H23NO4. The Hall–Kier alpha value is -2.24. The van der Waals surface area contributed by atoms with Crippen molar-refractivity contribution in [2.45, 2.75) is 6.10 Å². The van der Waals surface area contributed by atoms with Crippen molar-refractivity contribution in [2.24, 2.45) is 0 Å². The summed E-state index contributed by atoms with van der Waals surface area (Å²) in [6.45, 7) is 1.04. The van der Waals surface area contributed by atoms with Crippen molar-refractivity contribution in [3.05, 3.63) is 54.6 Å². The molecule has 0 aromatic heterocycles. The Bertz CT molecular complexity index is 576. The van der Waals surface area contributed by atoms with Gasteiger partial charge in [-0.1, -0.05) is 24.3 Å². The molecular weight excluding hydrogens is 294 g/mol. The summed E-state index contributed by atoms with van der Waals surface area (Å²) in [7, 11) is 1.60. The van der Waals surface area contributed by atoms with Crippen LogP contribution in [0, 0.1) is 0 Å². The van der Waals surface area contributed by atoms with Crippen LogP contribution >= 0.6 is 0 Å².